The number of fused-ring (bicyclic) bond motifs is 1. The third-order valence-corrected chi connectivity index (χ3v) is 4.23. The highest BCUT2D eigenvalue weighted by Crippen LogP contribution is 2.29. The zero-order valence-electron chi connectivity index (χ0n) is 13.9. The number of nitrogens with zero attached hydrogens (tertiary/aromatic N) is 1. The van der Waals surface area contributed by atoms with Gasteiger partial charge in [0.2, 0.25) is 0 Å². The molecule has 0 saturated carbocycles. The molecule has 2 aliphatic heterocycles. The first kappa shape index (κ1) is 16.5. The summed E-state index contributed by atoms with van der Waals surface area (Å²) in [6, 6.07) is 6.98. The zero-order chi connectivity index (χ0) is 19.3. The van der Waals surface area contributed by atoms with E-state index in [9.17, 15) is 24.0 Å². The molecule has 0 aliphatic carbocycles. The fraction of sp³-hybridized carbons (Fsp3) is 0.0556. The Bertz CT molecular complexity index is 1070. The minimum Gasteiger partial charge on any atom is -0.457 e. The summed E-state index contributed by atoms with van der Waals surface area (Å²) in [6.45, 7) is 0. The molecular weight excluding hydrogens is 354 g/mol. The van der Waals surface area contributed by atoms with Crippen LogP contribution < -0.4 is 10.6 Å². The molecule has 6 amide bonds. The second-order valence-corrected chi connectivity index (χ2v) is 5.93. The van der Waals surface area contributed by atoms with Crippen LogP contribution >= 0.6 is 0 Å². The third-order valence-electron chi connectivity index (χ3n) is 4.23. The molecule has 0 atom stereocenters. The number of amides is 6. The highest BCUT2D eigenvalue weighted by Gasteiger charge is 2.33. The average Bonchev–Trinajstić information content (AvgIpc) is 3.18. The van der Waals surface area contributed by atoms with Gasteiger partial charge in [-0.3, -0.25) is 34.7 Å². The number of urea groups is 1. The standard InChI is InChI=1S/C18H11N3O6/c1-21-16(24)10-4-2-8(6-11(10)17(21)25)13-5-3-9(27-13)7-12-14(22)19-18(26)20-15(12)23/h2-7H,1H3,(H2,19,20,22,23,26). The summed E-state index contributed by atoms with van der Waals surface area (Å²) in [5.41, 5.74) is 0.885. The van der Waals surface area contributed by atoms with E-state index in [0.29, 0.717) is 16.9 Å². The van der Waals surface area contributed by atoms with Crippen molar-refractivity contribution in [3.63, 3.8) is 0 Å². The molecule has 2 N–H and O–H groups in total. The summed E-state index contributed by atoms with van der Waals surface area (Å²) in [5, 5.41) is 3.93. The van der Waals surface area contributed by atoms with Gasteiger partial charge >= 0.3 is 6.03 Å². The van der Waals surface area contributed by atoms with Gasteiger partial charge in [0.1, 0.15) is 17.1 Å². The van der Waals surface area contributed by atoms with Gasteiger partial charge in [0.05, 0.1) is 11.1 Å². The number of carbonyl (C=O) groups is 5. The van der Waals surface area contributed by atoms with Crippen molar-refractivity contribution in [2.24, 2.45) is 0 Å². The van der Waals surface area contributed by atoms with Gasteiger partial charge in [-0.25, -0.2) is 4.79 Å². The molecule has 1 fully saturated rings. The number of rotatable bonds is 2. The Labute approximate surface area is 151 Å². The Balaban J connectivity index is 1.67. The lowest BCUT2D eigenvalue weighted by molar-refractivity contribution is -0.123. The first-order valence-corrected chi connectivity index (χ1v) is 7.80. The molecule has 0 bridgehead atoms. The highest BCUT2D eigenvalue weighted by atomic mass is 16.3. The van der Waals surface area contributed by atoms with Crippen LogP contribution in [0.25, 0.3) is 17.4 Å². The van der Waals surface area contributed by atoms with Crippen LogP contribution in [0.1, 0.15) is 26.5 Å². The van der Waals surface area contributed by atoms with Crippen LogP contribution in [0.2, 0.25) is 0 Å². The van der Waals surface area contributed by atoms with Crippen molar-refractivity contribution in [2.45, 2.75) is 0 Å². The predicted molar refractivity (Wildman–Crippen MR) is 90.2 cm³/mol. The molecule has 9 heteroatoms. The summed E-state index contributed by atoms with van der Waals surface area (Å²) in [5.74, 6) is -1.83. The number of hydrogen-bond acceptors (Lipinski definition) is 6. The first-order chi connectivity index (χ1) is 12.8. The number of benzene rings is 1. The maximum Gasteiger partial charge on any atom is 0.328 e. The van der Waals surface area contributed by atoms with Crippen LogP contribution in [-0.2, 0) is 9.59 Å². The third kappa shape index (κ3) is 2.61. The number of barbiturate groups is 1. The lowest BCUT2D eigenvalue weighted by Gasteiger charge is -2.13. The summed E-state index contributed by atoms with van der Waals surface area (Å²) >= 11 is 0. The molecule has 0 radical (unpaired) electrons. The Kier molecular flexibility index (Phi) is 3.51. The summed E-state index contributed by atoms with van der Waals surface area (Å²) in [6.07, 6.45) is 1.20. The lowest BCUT2D eigenvalue weighted by Crippen LogP contribution is -2.51. The quantitative estimate of drug-likeness (QED) is 0.463. The molecule has 1 aromatic carbocycles. The molecule has 1 saturated heterocycles. The van der Waals surface area contributed by atoms with Crippen molar-refractivity contribution < 1.29 is 28.4 Å². The van der Waals surface area contributed by atoms with Crippen molar-refractivity contribution >= 4 is 35.7 Å². The highest BCUT2D eigenvalue weighted by molar-refractivity contribution is 6.31. The van der Waals surface area contributed by atoms with Crippen LogP contribution in [0.3, 0.4) is 0 Å². The smallest absolute Gasteiger partial charge is 0.328 e. The van der Waals surface area contributed by atoms with Gasteiger partial charge in [-0.05, 0) is 30.3 Å². The number of imide groups is 3. The van der Waals surface area contributed by atoms with Crippen molar-refractivity contribution in [1.82, 2.24) is 15.5 Å². The molecule has 3 heterocycles. The fourth-order valence-electron chi connectivity index (χ4n) is 2.85. The van der Waals surface area contributed by atoms with E-state index in [1.807, 2.05) is 10.6 Å². The van der Waals surface area contributed by atoms with Gasteiger partial charge in [0.25, 0.3) is 23.6 Å². The summed E-state index contributed by atoms with van der Waals surface area (Å²) in [7, 11) is 1.41. The van der Waals surface area contributed by atoms with E-state index in [2.05, 4.69) is 0 Å². The molecule has 2 aromatic rings. The molecule has 1 aromatic heterocycles. The Hall–Kier alpha value is -4.01. The van der Waals surface area contributed by atoms with Gasteiger partial charge in [-0.1, -0.05) is 6.07 Å². The van der Waals surface area contributed by atoms with Crippen LogP contribution in [0, 0.1) is 0 Å². The number of carbonyl (C=O) groups excluding carboxylic acids is 5. The summed E-state index contributed by atoms with van der Waals surface area (Å²) in [4.78, 5) is 59.6. The SMILES string of the molecule is CN1C(=O)c2ccc(-c3ccc(C=C4C(=O)NC(=O)NC4=O)o3)cc2C1=O. The Morgan fingerprint density at radius 3 is 2.26 bits per heavy atom. The first-order valence-electron chi connectivity index (χ1n) is 7.80. The summed E-state index contributed by atoms with van der Waals surface area (Å²) < 4.78 is 5.61. The van der Waals surface area contributed by atoms with Gasteiger partial charge in [0, 0.05) is 12.6 Å². The fourth-order valence-corrected chi connectivity index (χ4v) is 2.85. The van der Waals surface area contributed by atoms with E-state index in [1.54, 1.807) is 24.3 Å². The number of nitrogens with one attached hydrogen (secondary N) is 2. The molecule has 4 rings (SSSR count). The minimum absolute atomic E-state index is 0.208. The largest absolute Gasteiger partial charge is 0.457 e. The number of furan rings is 1. The molecule has 2 aliphatic rings. The topological polar surface area (TPSA) is 126 Å². The zero-order valence-corrected chi connectivity index (χ0v) is 13.9. The van der Waals surface area contributed by atoms with E-state index in [0.717, 1.165) is 4.90 Å². The van der Waals surface area contributed by atoms with E-state index < -0.39 is 23.8 Å². The van der Waals surface area contributed by atoms with Crippen LogP contribution in [0.4, 0.5) is 4.79 Å². The molecular formula is C18H11N3O6. The number of hydrogen-bond donors (Lipinski definition) is 2. The van der Waals surface area contributed by atoms with E-state index in [1.165, 1.54) is 19.2 Å². The van der Waals surface area contributed by atoms with Crippen molar-refractivity contribution in [3.05, 3.63) is 52.8 Å². The van der Waals surface area contributed by atoms with E-state index in [4.69, 9.17) is 4.42 Å². The molecule has 9 nitrogen and oxygen atoms in total. The van der Waals surface area contributed by atoms with Crippen LogP contribution in [-0.4, -0.2) is 41.6 Å². The van der Waals surface area contributed by atoms with Crippen molar-refractivity contribution in [1.29, 1.82) is 0 Å². The monoisotopic (exact) mass is 365 g/mol. The molecule has 0 unspecified atom stereocenters. The molecule has 27 heavy (non-hydrogen) atoms. The van der Waals surface area contributed by atoms with Crippen molar-refractivity contribution in [3.8, 4) is 11.3 Å². The normalized spacial score (nSPS) is 16.4. The maximum absolute atomic E-state index is 12.1. The van der Waals surface area contributed by atoms with E-state index in [-0.39, 0.29) is 22.8 Å². The van der Waals surface area contributed by atoms with Crippen LogP contribution in [0.15, 0.2) is 40.3 Å². The Morgan fingerprint density at radius 2 is 1.56 bits per heavy atom. The van der Waals surface area contributed by atoms with Gasteiger partial charge in [0.15, 0.2) is 0 Å². The van der Waals surface area contributed by atoms with Gasteiger partial charge < -0.3 is 4.42 Å². The second-order valence-electron chi connectivity index (χ2n) is 5.93. The Morgan fingerprint density at radius 1 is 0.889 bits per heavy atom. The molecule has 0 spiro atoms. The predicted octanol–water partition coefficient (Wildman–Crippen LogP) is 0.922. The minimum atomic E-state index is -0.885. The van der Waals surface area contributed by atoms with Gasteiger partial charge in [-0.15, -0.1) is 0 Å². The van der Waals surface area contributed by atoms with Crippen LogP contribution in [0.5, 0.6) is 0 Å². The second kappa shape index (κ2) is 5.77. The van der Waals surface area contributed by atoms with E-state index >= 15 is 0 Å². The molecule has 134 valence electrons. The lowest BCUT2D eigenvalue weighted by atomic mass is 10.0. The maximum atomic E-state index is 12.1. The average molecular weight is 365 g/mol. The van der Waals surface area contributed by atoms with Gasteiger partial charge in [-0.2, -0.15) is 0 Å². The van der Waals surface area contributed by atoms with Crippen molar-refractivity contribution in [2.75, 3.05) is 7.05 Å².